The molecule has 3 rings (SSSR count). The molecule has 0 amide bonds. The first kappa shape index (κ1) is 18.2. The van der Waals surface area contributed by atoms with Gasteiger partial charge in [-0.05, 0) is 43.2 Å². The van der Waals surface area contributed by atoms with Crippen LogP contribution < -0.4 is 4.74 Å². The highest BCUT2D eigenvalue weighted by molar-refractivity contribution is 5.75. The summed E-state index contributed by atoms with van der Waals surface area (Å²) >= 11 is 0. The van der Waals surface area contributed by atoms with Gasteiger partial charge in [-0.2, -0.15) is 0 Å². The second-order valence-electron chi connectivity index (χ2n) is 6.51. The van der Waals surface area contributed by atoms with Crippen molar-refractivity contribution >= 4 is 5.78 Å². The molecule has 0 aromatic heterocycles. The van der Waals surface area contributed by atoms with Crippen LogP contribution in [-0.4, -0.2) is 11.9 Å². The Morgan fingerprint density at radius 3 is 2.54 bits per heavy atom. The molecule has 1 aliphatic rings. The predicted octanol–water partition coefficient (Wildman–Crippen LogP) is 5.48. The van der Waals surface area contributed by atoms with Crippen LogP contribution in [0.25, 0.3) is 0 Å². The average molecular weight is 348 g/mol. The lowest BCUT2D eigenvalue weighted by atomic mass is 9.92. The first-order valence-corrected chi connectivity index (χ1v) is 8.98. The molecule has 2 unspecified atom stereocenters. The molecule has 134 valence electrons. The lowest BCUT2D eigenvalue weighted by Gasteiger charge is -2.24. The lowest BCUT2D eigenvalue weighted by Crippen LogP contribution is -2.22. The van der Waals surface area contributed by atoms with Crippen LogP contribution in [0.1, 0.15) is 25.3 Å². The Hall–Kier alpha value is -2.65. The van der Waals surface area contributed by atoms with Crippen LogP contribution in [0, 0.1) is 5.92 Å². The summed E-state index contributed by atoms with van der Waals surface area (Å²) in [4.78, 5) is 11.3. The van der Waals surface area contributed by atoms with E-state index < -0.39 is 0 Å². The number of carbonyl (C=O) groups excluding carboxylic acids is 1. The fraction of sp³-hybridized carbons (Fsp3) is 0.261. The smallest absolute Gasteiger partial charge is 0.129 e. The van der Waals surface area contributed by atoms with E-state index >= 15 is 0 Å². The number of para-hydroxylation sites is 1. The van der Waals surface area contributed by atoms with Crippen molar-refractivity contribution in [3.8, 4) is 11.5 Å². The first-order valence-electron chi connectivity index (χ1n) is 8.98. The SMILES string of the molecule is CC(=O)CCC1C=CC=CC1OCc1cccc(Oc2ccccc2)c1. The van der Waals surface area contributed by atoms with E-state index in [0.29, 0.717) is 13.0 Å². The minimum absolute atomic E-state index is 0.00181. The van der Waals surface area contributed by atoms with E-state index in [1.807, 2.05) is 66.7 Å². The zero-order valence-electron chi connectivity index (χ0n) is 15.0. The number of rotatable bonds is 8. The standard InChI is InChI=1S/C23H24O3/c1-18(24)14-15-20-9-5-6-13-23(20)25-17-19-8-7-12-22(16-19)26-21-10-3-2-4-11-21/h2-13,16,20,23H,14-15,17H2,1H3. The van der Waals surface area contributed by atoms with E-state index in [4.69, 9.17) is 9.47 Å². The Bertz CT molecular complexity index is 777. The molecular formula is C23H24O3. The van der Waals surface area contributed by atoms with Gasteiger partial charge < -0.3 is 14.3 Å². The number of carbonyl (C=O) groups is 1. The molecule has 0 N–H and O–H groups in total. The van der Waals surface area contributed by atoms with Gasteiger partial charge in [-0.3, -0.25) is 0 Å². The van der Waals surface area contributed by atoms with Crippen LogP contribution in [0.5, 0.6) is 11.5 Å². The van der Waals surface area contributed by atoms with E-state index in [2.05, 4.69) is 12.2 Å². The number of ether oxygens (including phenoxy) is 2. The molecule has 3 heteroatoms. The molecule has 2 aromatic rings. The molecule has 3 nitrogen and oxygen atoms in total. The van der Waals surface area contributed by atoms with Gasteiger partial charge in [-0.1, -0.05) is 54.6 Å². The highest BCUT2D eigenvalue weighted by atomic mass is 16.5. The van der Waals surface area contributed by atoms with Crippen molar-refractivity contribution in [2.24, 2.45) is 5.92 Å². The molecule has 26 heavy (non-hydrogen) atoms. The third-order valence-corrected chi connectivity index (χ3v) is 4.34. The van der Waals surface area contributed by atoms with Crippen LogP contribution in [0.2, 0.25) is 0 Å². The number of hydrogen-bond donors (Lipinski definition) is 0. The summed E-state index contributed by atoms with van der Waals surface area (Å²) in [5, 5.41) is 0. The van der Waals surface area contributed by atoms with Gasteiger partial charge in [0.25, 0.3) is 0 Å². The molecule has 0 fully saturated rings. The molecule has 1 aliphatic carbocycles. The molecule has 0 saturated heterocycles. The molecule has 2 aromatic carbocycles. The van der Waals surface area contributed by atoms with Crippen LogP contribution in [-0.2, 0) is 16.1 Å². The van der Waals surface area contributed by atoms with E-state index in [-0.39, 0.29) is 17.8 Å². The second-order valence-corrected chi connectivity index (χ2v) is 6.51. The molecule has 0 bridgehead atoms. The highest BCUT2D eigenvalue weighted by Gasteiger charge is 2.19. The van der Waals surface area contributed by atoms with Crippen LogP contribution in [0.3, 0.4) is 0 Å². The van der Waals surface area contributed by atoms with Crippen molar-refractivity contribution in [1.29, 1.82) is 0 Å². The van der Waals surface area contributed by atoms with Crippen molar-refractivity contribution in [2.45, 2.75) is 32.5 Å². The largest absolute Gasteiger partial charge is 0.457 e. The van der Waals surface area contributed by atoms with Crippen molar-refractivity contribution in [3.05, 3.63) is 84.5 Å². The number of benzene rings is 2. The van der Waals surface area contributed by atoms with E-state index in [0.717, 1.165) is 23.5 Å². The monoisotopic (exact) mass is 348 g/mol. The minimum atomic E-state index is -0.00181. The zero-order valence-corrected chi connectivity index (χ0v) is 15.0. The third-order valence-electron chi connectivity index (χ3n) is 4.34. The van der Waals surface area contributed by atoms with Crippen molar-refractivity contribution in [2.75, 3.05) is 0 Å². The van der Waals surface area contributed by atoms with Crippen LogP contribution in [0.4, 0.5) is 0 Å². The summed E-state index contributed by atoms with van der Waals surface area (Å²) in [6.07, 6.45) is 9.62. The summed E-state index contributed by atoms with van der Waals surface area (Å²) in [6, 6.07) is 17.7. The number of ketones is 1. The van der Waals surface area contributed by atoms with Gasteiger partial charge in [0.2, 0.25) is 0 Å². The number of hydrogen-bond acceptors (Lipinski definition) is 3. The van der Waals surface area contributed by atoms with Gasteiger partial charge in [0, 0.05) is 12.3 Å². The predicted molar refractivity (Wildman–Crippen MR) is 103 cm³/mol. The quantitative estimate of drug-likeness (QED) is 0.634. The minimum Gasteiger partial charge on any atom is -0.457 e. The lowest BCUT2D eigenvalue weighted by molar-refractivity contribution is -0.117. The Morgan fingerprint density at radius 2 is 1.73 bits per heavy atom. The van der Waals surface area contributed by atoms with Gasteiger partial charge in [0.15, 0.2) is 0 Å². The Morgan fingerprint density at radius 1 is 0.962 bits per heavy atom. The summed E-state index contributed by atoms with van der Waals surface area (Å²) in [5.41, 5.74) is 1.06. The topological polar surface area (TPSA) is 35.5 Å². The molecule has 0 spiro atoms. The van der Waals surface area contributed by atoms with Crippen molar-refractivity contribution in [3.63, 3.8) is 0 Å². The highest BCUT2D eigenvalue weighted by Crippen LogP contribution is 2.25. The molecule has 2 atom stereocenters. The van der Waals surface area contributed by atoms with E-state index in [1.54, 1.807) is 6.92 Å². The van der Waals surface area contributed by atoms with Gasteiger partial charge in [0.1, 0.15) is 17.3 Å². The van der Waals surface area contributed by atoms with Gasteiger partial charge >= 0.3 is 0 Å². The maximum absolute atomic E-state index is 11.3. The van der Waals surface area contributed by atoms with E-state index in [1.165, 1.54) is 0 Å². The Kier molecular flexibility index (Phi) is 6.39. The van der Waals surface area contributed by atoms with Gasteiger partial charge in [-0.15, -0.1) is 0 Å². The number of allylic oxidation sites excluding steroid dienone is 2. The zero-order chi connectivity index (χ0) is 18.2. The third kappa shape index (κ3) is 5.43. The average Bonchev–Trinajstić information content (AvgIpc) is 2.66. The summed E-state index contributed by atoms with van der Waals surface area (Å²) < 4.78 is 12.0. The van der Waals surface area contributed by atoms with Gasteiger partial charge in [-0.25, -0.2) is 0 Å². The maximum Gasteiger partial charge on any atom is 0.129 e. The fourth-order valence-corrected chi connectivity index (χ4v) is 2.96. The van der Waals surface area contributed by atoms with Gasteiger partial charge in [0.05, 0.1) is 12.7 Å². The van der Waals surface area contributed by atoms with Crippen LogP contribution >= 0.6 is 0 Å². The van der Waals surface area contributed by atoms with E-state index in [9.17, 15) is 4.79 Å². The molecule has 0 aliphatic heterocycles. The Labute approximate surface area is 155 Å². The summed E-state index contributed by atoms with van der Waals surface area (Å²) in [5.74, 6) is 2.07. The van der Waals surface area contributed by atoms with Crippen molar-refractivity contribution in [1.82, 2.24) is 0 Å². The normalized spacial score (nSPS) is 18.7. The first-order chi connectivity index (χ1) is 12.7. The summed E-state index contributed by atoms with van der Waals surface area (Å²) in [6.45, 7) is 2.14. The fourth-order valence-electron chi connectivity index (χ4n) is 2.96. The van der Waals surface area contributed by atoms with Crippen molar-refractivity contribution < 1.29 is 14.3 Å². The molecule has 0 saturated carbocycles. The maximum atomic E-state index is 11.3. The number of Topliss-reactive ketones (excluding diaryl/α,β-unsaturated/α-hetero) is 1. The summed E-state index contributed by atoms with van der Waals surface area (Å²) in [7, 11) is 0. The Balaban J connectivity index is 1.58. The molecule has 0 radical (unpaired) electrons. The molecular weight excluding hydrogens is 324 g/mol. The second kappa shape index (κ2) is 9.16. The van der Waals surface area contributed by atoms with Crippen LogP contribution in [0.15, 0.2) is 78.9 Å². The molecule has 0 heterocycles.